The smallest absolute Gasteiger partial charge is 0.311 e. The number of amides is 1. The van der Waals surface area contributed by atoms with Crippen molar-refractivity contribution >= 4 is 33.6 Å². The Hall–Kier alpha value is -2.86. The summed E-state index contributed by atoms with van der Waals surface area (Å²) in [6.45, 7) is 2.32. The first-order valence-corrected chi connectivity index (χ1v) is 8.44. The van der Waals surface area contributed by atoms with Gasteiger partial charge in [0.05, 0.1) is 19.3 Å². The van der Waals surface area contributed by atoms with Crippen LogP contribution in [0.3, 0.4) is 0 Å². The second-order valence-corrected chi connectivity index (χ2v) is 6.01. The van der Waals surface area contributed by atoms with Gasteiger partial charge in [-0.05, 0) is 23.8 Å². The van der Waals surface area contributed by atoms with Crippen LogP contribution in [0.4, 0.5) is 0 Å². The molecule has 3 rings (SSSR count). The molecule has 1 heterocycles. The van der Waals surface area contributed by atoms with Crippen LogP contribution in [0.15, 0.2) is 47.1 Å². The van der Waals surface area contributed by atoms with Crippen LogP contribution in [0.5, 0.6) is 0 Å². The maximum Gasteiger partial charge on any atom is 0.311 e. The van der Waals surface area contributed by atoms with Gasteiger partial charge in [0.25, 0.3) is 5.91 Å². The van der Waals surface area contributed by atoms with E-state index in [2.05, 4.69) is 5.32 Å². The molecule has 2 aromatic carbocycles. The van der Waals surface area contributed by atoms with Crippen LogP contribution in [-0.4, -0.2) is 38.2 Å². The van der Waals surface area contributed by atoms with Crippen molar-refractivity contribution in [3.05, 3.63) is 48.2 Å². The number of ether oxygens (including phenoxy) is 2. The van der Waals surface area contributed by atoms with Gasteiger partial charge >= 0.3 is 5.97 Å². The largest absolute Gasteiger partial charge is 0.464 e. The maximum absolute atomic E-state index is 12.3. The van der Waals surface area contributed by atoms with Crippen molar-refractivity contribution < 1.29 is 23.5 Å². The maximum atomic E-state index is 12.3. The first-order valence-electron chi connectivity index (χ1n) is 8.44. The normalized spacial score (nSPS) is 12.2. The molecule has 1 N–H and O–H groups in total. The molecule has 1 amide bonds. The van der Waals surface area contributed by atoms with Crippen molar-refractivity contribution in [1.29, 1.82) is 0 Å². The van der Waals surface area contributed by atoms with Crippen molar-refractivity contribution in [1.82, 2.24) is 5.32 Å². The lowest BCUT2D eigenvalue weighted by atomic mass is 10.0. The summed E-state index contributed by atoms with van der Waals surface area (Å²) < 4.78 is 15.7. The number of carbonyl (C=O) groups is 2. The molecule has 0 radical (unpaired) electrons. The molecule has 1 aromatic heterocycles. The standard InChI is InChI=1S/C20H21NO5/c1-13(20(23)21-9-10-24-2)26-18(22)11-15-12-25-17-8-7-14-5-3-4-6-16(14)19(15)17/h3-8,12-13H,9-11H2,1-2H3,(H,21,23)/t13-/m0/s1. The summed E-state index contributed by atoms with van der Waals surface area (Å²) in [6, 6.07) is 11.8. The van der Waals surface area contributed by atoms with E-state index in [1.807, 2.05) is 36.4 Å². The van der Waals surface area contributed by atoms with E-state index in [1.54, 1.807) is 20.3 Å². The molecule has 136 valence electrons. The molecule has 0 spiro atoms. The van der Waals surface area contributed by atoms with Gasteiger partial charge in [-0.1, -0.05) is 30.3 Å². The van der Waals surface area contributed by atoms with Crippen LogP contribution >= 0.6 is 0 Å². The zero-order chi connectivity index (χ0) is 18.5. The quantitative estimate of drug-likeness (QED) is 0.521. The fourth-order valence-corrected chi connectivity index (χ4v) is 2.87. The van der Waals surface area contributed by atoms with Crippen LogP contribution in [-0.2, 0) is 25.5 Å². The van der Waals surface area contributed by atoms with E-state index in [0.29, 0.717) is 13.2 Å². The third kappa shape index (κ3) is 3.86. The minimum absolute atomic E-state index is 0.0384. The van der Waals surface area contributed by atoms with E-state index < -0.39 is 12.1 Å². The Morgan fingerprint density at radius 1 is 1.19 bits per heavy atom. The average molecular weight is 355 g/mol. The van der Waals surface area contributed by atoms with Gasteiger partial charge in [-0.15, -0.1) is 0 Å². The summed E-state index contributed by atoms with van der Waals surface area (Å²) in [5.41, 5.74) is 1.46. The van der Waals surface area contributed by atoms with Crippen LogP contribution in [0.1, 0.15) is 12.5 Å². The number of esters is 1. The van der Waals surface area contributed by atoms with Gasteiger partial charge in [0, 0.05) is 24.6 Å². The number of rotatable bonds is 7. The van der Waals surface area contributed by atoms with Crippen molar-refractivity contribution in [2.24, 2.45) is 0 Å². The average Bonchev–Trinajstić information content (AvgIpc) is 3.05. The highest BCUT2D eigenvalue weighted by Gasteiger charge is 2.19. The van der Waals surface area contributed by atoms with Crippen molar-refractivity contribution in [3.63, 3.8) is 0 Å². The summed E-state index contributed by atoms with van der Waals surface area (Å²) in [4.78, 5) is 24.1. The van der Waals surface area contributed by atoms with Crippen LogP contribution in [0.25, 0.3) is 21.7 Å². The topological polar surface area (TPSA) is 77.8 Å². The predicted molar refractivity (Wildman–Crippen MR) is 97.9 cm³/mol. The van der Waals surface area contributed by atoms with Crippen molar-refractivity contribution in [3.8, 4) is 0 Å². The van der Waals surface area contributed by atoms with Crippen LogP contribution in [0.2, 0.25) is 0 Å². The Morgan fingerprint density at radius 3 is 2.81 bits per heavy atom. The second kappa shape index (κ2) is 8.01. The first kappa shape index (κ1) is 17.9. The molecule has 3 aromatic rings. The molecule has 0 saturated carbocycles. The molecule has 0 saturated heterocycles. The lowest BCUT2D eigenvalue weighted by Crippen LogP contribution is -2.37. The summed E-state index contributed by atoms with van der Waals surface area (Å²) in [6.07, 6.45) is 0.743. The molecule has 1 atom stereocenters. The van der Waals surface area contributed by atoms with E-state index in [4.69, 9.17) is 13.9 Å². The molecule has 6 nitrogen and oxygen atoms in total. The molecule has 0 aliphatic heterocycles. The van der Waals surface area contributed by atoms with Gasteiger partial charge in [-0.25, -0.2) is 0 Å². The fourth-order valence-electron chi connectivity index (χ4n) is 2.87. The van der Waals surface area contributed by atoms with E-state index >= 15 is 0 Å². The third-order valence-corrected chi connectivity index (χ3v) is 4.16. The summed E-state index contributed by atoms with van der Waals surface area (Å²) in [5, 5.41) is 5.63. The summed E-state index contributed by atoms with van der Waals surface area (Å²) in [7, 11) is 1.55. The van der Waals surface area contributed by atoms with Crippen LogP contribution in [0, 0.1) is 0 Å². The highest BCUT2D eigenvalue weighted by atomic mass is 16.5. The number of hydrogen-bond acceptors (Lipinski definition) is 5. The molecular formula is C20H21NO5. The molecule has 0 fully saturated rings. The molecule has 0 bridgehead atoms. The predicted octanol–water partition coefficient (Wildman–Crippen LogP) is 2.82. The number of nitrogens with one attached hydrogen (secondary N) is 1. The van der Waals surface area contributed by atoms with Crippen molar-refractivity contribution in [2.75, 3.05) is 20.3 Å². The number of benzene rings is 2. The monoisotopic (exact) mass is 355 g/mol. The minimum atomic E-state index is -0.866. The number of carbonyl (C=O) groups excluding carboxylic acids is 2. The van der Waals surface area contributed by atoms with Crippen LogP contribution < -0.4 is 5.32 Å². The molecular weight excluding hydrogens is 334 g/mol. The molecule has 0 unspecified atom stereocenters. The Labute approximate surface area is 151 Å². The second-order valence-electron chi connectivity index (χ2n) is 6.01. The highest BCUT2D eigenvalue weighted by molar-refractivity contribution is 6.08. The highest BCUT2D eigenvalue weighted by Crippen LogP contribution is 2.30. The zero-order valence-electron chi connectivity index (χ0n) is 14.8. The Kier molecular flexibility index (Phi) is 5.53. The first-order chi connectivity index (χ1) is 12.6. The van der Waals surface area contributed by atoms with Gasteiger partial charge in [-0.3, -0.25) is 9.59 Å². The molecule has 0 aliphatic carbocycles. The minimum Gasteiger partial charge on any atom is -0.464 e. The van der Waals surface area contributed by atoms with E-state index in [-0.39, 0.29) is 12.3 Å². The molecule has 0 aliphatic rings. The Morgan fingerprint density at radius 2 is 2.00 bits per heavy atom. The zero-order valence-corrected chi connectivity index (χ0v) is 14.8. The van der Waals surface area contributed by atoms with Gasteiger partial charge in [0.1, 0.15) is 5.58 Å². The van der Waals surface area contributed by atoms with Gasteiger partial charge in [-0.2, -0.15) is 0 Å². The third-order valence-electron chi connectivity index (χ3n) is 4.16. The Balaban J connectivity index is 1.72. The lowest BCUT2D eigenvalue weighted by molar-refractivity contribution is -0.154. The van der Waals surface area contributed by atoms with Gasteiger partial charge in [0.2, 0.25) is 0 Å². The van der Waals surface area contributed by atoms with E-state index in [1.165, 1.54) is 0 Å². The van der Waals surface area contributed by atoms with Crippen molar-refractivity contribution in [2.45, 2.75) is 19.4 Å². The van der Waals surface area contributed by atoms with Gasteiger partial charge in [0.15, 0.2) is 6.10 Å². The van der Waals surface area contributed by atoms with Gasteiger partial charge < -0.3 is 19.2 Å². The summed E-state index contributed by atoms with van der Waals surface area (Å²) >= 11 is 0. The number of furan rings is 1. The Bertz CT molecular complexity index is 930. The number of fused-ring (bicyclic) bond motifs is 3. The van der Waals surface area contributed by atoms with E-state index in [9.17, 15) is 9.59 Å². The summed E-state index contributed by atoms with van der Waals surface area (Å²) in [5.74, 6) is -0.826. The SMILES string of the molecule is COCCNC(=O)[C@H](C)OC(=O)Cc1coc2ccc3ccccc3c12. The number of hydrogen-bond donors (Lipinski definition) is 1. The molecule has 6 heteroatoms. The number of methoxy groups -OCH3 is 1. The van der Waals surface area contributed by atoms with E-state index in [0.717, 1.165) is 27.3 Å². The fraction of sp³-hybridized carbons (Fsp3) is 0.300. The lowest BCUT2D eigenvalue weighted by Gasteiger charge is -2.13. The molecule has 26 heavy (non-hydrogen) atoms.